The minimum atomic E-state index is 1.13. The highest BCUT2D eigenvalue weighted by molar-refractivity contribution is 5.77. The summed E-state index contributed by atoms with van der Waals surface area (Å²) in [5.74, 6) is 2.36. The number of hydrogen-bond acceptors (Lipinski definition) is 1. The fourth-order valence-corrected chi connectivity index (χ4v) is 6.26. The predicted octanol–water partition coefficient (Wildman–Crippen LogP) is 13.2. The maximum absolute atomic E-state index is 6.03. The van der Waals surface area contributed by atoms with Gasteiger partial charge < -0.3 is 4.74 Å². The Morgan fingerprint density at radius 2 is 0.872 bits per heavy atom. The van der Waals surface area contributed by atoms with Gasteiger partial charge in [-0.25, -0.2) is 0 Å². The van der Waals surface area contributed by atoms with E-state index in [-0.39, 0.29) is 0 Å². The molecule has 0 atom stereocenters. The fourth-order valence-electron chi connectivity index (χ4n) is 6.26. The lowest BCUT2D eigenvalue weighted by Gasteiger charge is -2.14. The monoisotopic (exact) mass is 532 g/mol. The topological polar surface area (TPSA) is 12.5 Å². The lowest BCUT2D eigenvalue weighted by molar-refractivity contribution is 0.543. The summed E-state index contributed by atoms with van der Waals surface area (Å²) in [6.45, 7) is 4.60. The molecule has 218 valence electrons. The molecule has 1 heterocycles. The van der Waals surface area contributed by atoms with Crippen LogP contribution in [0.1, 0.15) is 166 Å². The van der Waals surface area contributed by atoms with E-state index in [4.69, 9.17) is 4.74 Å². The Morgan fingerprint density at radius 1 is 0.462 bits per heavy atom. The molecule has 3 rings (SSSR count). The molecule has 1 heteroatoms. The van der Waals surface area contributed by atoms with Gasteiger partial charge in [-0.3, -0.25) is 0 Å². The third-order valence-electron chi connectivity index (χ3n) is 8.78. The molecule has 0 spiro atoms. The first-order valence-corrected chi connectivity index (χ1v) is 17.3. The molecule has 0 aliphatic carbocycles. The number of rotatable bonds is 25. The van der Waals surface area contributed by atoms with Crippen LogP contribution in [0, 0.1) is 0 Å². The SMILES string of the molecule is CCCCCCCCCCCCCCc1c(-c2ccccc2)cc2c(c1CCCCCCCCCCCC)O2. The van der Waals surface area contributed by atoms with Gasteiger partial charge in [-0.1, -0.05) is 173 Å². The van der Waals surface area contributed by atoms with Crippen molar-refractivity contribution in [1.29, 1.82) is 0 Å². The van der Waals surface area contributed by atoms with Crippen molar-refractivity contribution in [3.05, 3.63) is 47.5 Å². The van der Waals surface area contributed by atoms with Crippen LogP contribution in [-0.2, 0) is 12.8 Å². The molecule has 0 saturated carbocycles. The van der Waals surface area contributed by atoms with Crippen LogP contribution in [0.15, 0.2) is 36.4 Å². The highest BCUT2D eigenvalue weighted by Gasteiger charge is 2.29. The van der Waals surface area contributed by atoms with Gasteiger partial charge in [-0.2, -0.15) is 0 Å². The third kappa shape index (κ3) is 12.5. The van der Waals surface area contributed by atoms with Gasteiger partial charge in [0.2, 0.25) is 0 Å². The van der Waals surface area contributed by atoms with E-state index >= 15 is 0 Å². The highest BCUT2D eigenvalue weighted by atomic mass is 16.6. The Morgan fingerprint density at radius 3 is 1.33 bits per heavy atom. The molecule has 2 aromatic rings. The van der Waals surface area contributed by atoms with Crippen molar-refractivity contribution in [3.63, 3.8) is 0 Å². The largest absolute Gasteiger partial charge is 0.449 e. The summed E-state index contributed by atoms with van der Waals surface area (Å²) in [5.41, 5.74) is 5.90. The Hall–Kier alpha value is -1.76. The number of ether oxygens (including phenoxy) is 1. The third-order valence-corrected chi connectivity index (χ3v) is 8.78. The zero-order chi connectivity index (χ0) is 27.4. The van der Waals surface area contributed by atoms with Crippen LogP contribution in [0.4, 0.5) is 0 Å². The summed E-state index contributed by atoms with van der Waals surface area (Å²) in [7, 11) is 0. The summed E-state index contributed by atoms with van der Waals surface area (Å²) >= 11 is 0. The molecular formula is C38H60O. The van der Waals surface area contributed by atoms with Crippen LogP contribution in [0.5, 0.6) is 11.5 Å². The normalized spacial score (nSPS) is 11.9. The van der Waals surface area contributed by atoms with Crippen molar-refractivity contribution < 1.29 is 4.74 Å². The van der Waals surface area contributed by atoms with Gasteiger partial charge in [-0.15, -0.1) is 0 Å². The maximum atomic E-state index is 6.03. The van der Waals surface area contributed by atoms with Crippen molar-refractivity contribution >= 4 is 0 Å². The number of benzene rings is 2. The van der Waals surface area contributed by atoms with Crippen molar-refractivity contribution in [2.75, 3.05) is 0 Å². The van der Waals surface area contributed by atoms with Crippen molar-refractivity contribution in [3.8, 4) is 22.6 Å². The van der Waals surface area contributed by atoms with Crippen molar-refractivity contribution in [2.24, 2.45) is 0 Å². The smallest absolute Gasteiger partial charge is 0.173 e. The molecule has 0 amide bonds. The Kier molecular flexibility index (Phi) is 16.4. The minimum Gasteiger partial charge on any atom is -0.449 e. The molecular weight excluding hydrogens is 472 g/mol. The molecule has 1 aliphatic rings. The second-order valence-electron chi connectivity index (χ2n) is 12.2. The molecule has 0 unspecified atom stereocenters. The fraction of sp³-hybridized carbons (Fsp3) is 0.684. The zero-order valence-electron chi connectivity index (χ0n) is 25.8. The van der Waals surface area contributed by atoms with Gasteiger partial charge in [0.05, 0.1) is 0 Å². The molecule has 39 heavy (non-hydrogen) atoms. The summed E-state index contributed by atoms with van der Waals surface area (Å²) in [6, 6.07) is 13.4. The van der Waals surface area contributed by atoms with E-state index < -0.39 is 0 Å². The van der Waals surface area contributed by atoms with Crippen LogP contribution in [-0.4, -0.2) is 0 Å². The van der Waals surface area contributed by atoms with Crippen LogP contribution in [0.2, 0.25) is 0 Å². The van der Waals surface area contributed by atoms with Crippen LogP contribution in [0.25, 0.3) is 11.1 Å². The first kappa shape index (κ1) is 31.8. The number of unbranched alkanes of at least 4 members (excludes halogenated alkanes) is 20. The second kappa shape index (κ2) is 20.2. The first-order valence-electron chi connectivity index (χ1n) is 17.3. The van der Waals surface area contributed by atoms with Gasteiger partial charge >= 0.3 is 0 Å². The Bertz CT molecular complexity index is 883. The Labute approximate surface area is 242 Å². The van der Waals surface area contributed by atoms with Gasteiger partial charge in [0.1, 0.15) is 0 Å². The standard InChI is InChI=1S/C38H60O/c1-3-5-7-9-11-13-15-16-18-19-21-26-30-34-35(31-27-22-20-17-14-12-10-8-6-4-2)38-37(39-38)32-36(34)33-28-24-23-25-29-33/h23-25,28-29,32H,3-22,26-27,30-31H2,1-2H3. The minimum absolute atomic E-state index is 1.13. The van der Waals surface area contributed by atoms with Crippen LogP contribution < -0.4 is 4.74 Å². The van der Waals surface area contributed by atoms with Crippen molar-refractivity contribution in [2.45, 2.75) is 168 Å². The van der Waals surface area contributed by atoms with Gasteiger partial charge in [0.25, 0.3) is 0 Å². The van der Waals surface area contributed by atoms with Crippen LogP contribution >= 0.6 is 0 Å². The van der Waals surface area contributed by atoms with E-state index in [2.05, 4.69) is 50.2 Å². The quantitative estimate of drug-likeness (QED) is 0.0780. The maximum Gasteiger partial charge on any atom is 0.173 e. The van der Waals surface area contributed by atoms with E-state index in [1.807, 2.05) is 0 Å². The first-order chi connectivity index (χ1) is 19.3. The Balaban J connectivity index is 1.41. The highest BCUT2D eigenvalue weighted by Crippen LogP contribution is 2.53. The van der Waals surface area contributed by atoms with Gasteiger partial charge in [0.15, 0.2) is 11.5 Å². The molecule has 1 aliphatic heterocycles. The molecule has 0 N–H and O–H groups in total. The summed E-state index contributed by atoms with van der Waals surface area (Å²) < 4.78 is 6.03. The van der Waals surface area contributed by atoms with E-state index in [1.54, 1.807) is 5.56 Å². The van der Waals surface area contributed by atoms with Gasteiger partial charge in [-0.05, 0) is 48.4 Å². The average Bonchev–Trinajstić information content (AvgIpc) is 3.75. The van der Waals surface area contributed by atoms with E-state index in [1.165, 1.54) is 177 Å². The summed E-state index contributed by atoms with van der Waals surface area (Å²) in [6.07, 6.45) is 33.2. The molecule has 0 fully saturated rings. The van der Waals surface area contributed by atoms with E-state index in [0.29, 0.717) is 0 Å². The van der Waals surface area contributed by atoms with Gasteiger partial charge in [0, 0.05) is 5.56 Å². The zero-order valence-corrected chi connectivity index (χ0v) is 25.8. The molecule has 1 nitrogen and oxygen atoms in total. The van der Waals surface area contributed by atoms with E-state index in [0.717, 1.165) is 5.75 Å². The lowest BCUT2D eigenvalue weighted by atomic mass is 9.89. The average molecular weight is 533 g/mol. The molecule has 0 saturated heterocycles. The summed E-state index contributed by atoms with van der Waals surface area (Å²) in [5, 5.41) is 0. The molecule has 2 aromatic carbocycles. The summed E-state index contributed by atoms with van der Waals surface area (Å²) in [4.78, 5) is 0. The molecule has 0 bridgehead atoms. The van der Waals surface area contributed by atoms with Crippen molar-refractivity contribution in [1.82, 2.24) is 0 Å². The predicted molar refractivity (Wildman–Crippen MR) is 172 cm³/mol. The number of hydrogen-bond donors (Lipinski definition) is 0. The molecule has 0 aromatic heterocycles. The van der Waals surface area contributed by atoms with Crippen LogP contribution in [0.3, 0.4) is 0 Å². The van der Waals surface area contributed by atoms with E-state index in [9.17, 15) is 0 Å². The molecule has 0 radical (unpaired) electrons. The second-order valence-corrected chi connectivity index (χ2v) is 12.2. The number of fused-ring (bicyclic) bond motifs is 1. The lowest BCUT2D eigenvalue weighted by Crippen LogP contribution is -1.98.